The number of thioether (sulfide) groups is 1. The van der Waals surface area contributed by atoms with Gasteiger partial charge in [-0.25, -0.2) is 9.97 Å². The number of hydrogen-bond donors (Lipinski definition) is 1. The van der Waals surface area contributed by atoms with Crippen molar-refractivity contribution in [2.45, 2.75) is 37.6 Å². The number of aromatic nitrogens is 4. The predicted molar refractivity (Wildman–Crippen MR) is 69.1 cm³/mol. The summed E-state index contributed by atoms with van der Waals surface area (Å²) in [5.41, 5.74) is 6.50. The summed E-state index contributed by atoms with van der Waals surface area (Å²) >= 11 is 1.43. The maximum absolute atomic E-state index is 5.66. The van der Waals surface area contributed by atoms with Crippen molar-refractivity contribution in [1.29, 1.82) is 0 Å². The first kappa shape index (κ1) is 12.8. The van der Waals surface area contributed by atoms with E-state index in [0.717, 1.165) is 11.5 Å². The molecular weight excluding hydrogens is 250 g/mol. The third-order valence-corrected chi connectivity index (χ3v) is 3.01. The Kier molecular flexibility index (Phi) is 3.81. The van der Waals surface area contributed by atoms with Gasteiger partial charge in [-0.3, -0.25) is 0 Å². The second kappa shape index (κ2) is 5.34. The zero-order valence-corrected chi connectivity index (χ0v) is 11.4. The first-order chi connectivity index (χ1) is 8.54. The fourth-order valence-corrected chi connectivity index (χ4v) is 2.07. The van der Waals surface area contributed by atoms with Crippen molar-refractivity contribution in [2.75, 3.05) is 5.73 Å². The van der Waals surface area contributed by atoms with Gasteiger partial charge in [-0.1, -0.05) is 30.8 Å². The summed E-state index contributed by atoms with van der Waals surface area (Å²) in [6.45, 7) is 5.92. The van der Waals surface area contributed by atoms with E-state index < -0.39 is 0 Å². The number of nitrogen functional groups attached to an aromatic ring is 1. The van der Waals surface area contributed by atoms with E-state index in [2.05, 4.69) is 20.1 Å². The average Bonchev–Trinajstić information content (AvgIpc) is 2.73. The zero-order valence-electron chi connectivity index (χ0n) is 10.5. The van der Waals surface area contributed by atoms with Crippen LogP contribution in [0.2, 0.25) is 0 Å². The molecule has 0 fully saturated rings. The van der Waals surface area contributed by atoms with E-state index >= 15 is 0 Å². The molecule has 0 aliphatic heterocycles. The van der Waals surface area contributed by atoms with Crippen LogP contribution < -0.4 is 5.73 Å². The number of nitrogens with two attached hydrogens (primary N) is 1. The summed E-state index contributed by atoms with van der Waals surface area (Å²) < 4.78 is 5.14. The Morgan fingerprint density at radius 3 is 2.72 bits per heavy atom. The molecule has 0 spiro atoms. The molecule has 2 aromatic heterocycles. The fourth-order valence-electron chi connectivity index (χ4n) is 1.32. The largest absolute Gasteiger partial charge is 0.384 e. The molecular formula is C11H15N5OS. The highest BCUT2D eigenvalue weighted by molar-refractivity contribution is 7.98. The van der Waals surface area contributed by atoms with Crippen molar-refractivity contribution in [1.82, 2.24) is 20.1 Å². The van der Waals surface area contributed by atoms with Crippen molar-refractivity contribution in [3.05, 3.63) is 23.5 Å². The van der Waals surface area contributed by atoms with Gasteiger partial charge in [-0.05, 0) is 6.92 Å². The summed E-state index contributed by atoms with van der Waals surface area (Å²) in [4.78, 5) is 12.7. The maximum Gasteiger partial charge on any atom is 0.237 e. The minimum absolute atomic E-state index is 0.262. The smallest absolute Gasteiger partial charge is 0.237 e. The van der Waals surface area contributed by atoms with E-state index in [0.29, 0.717) is 22.6 Å². The Morgan fingerprint density at radius 2 is 2.11 bits per heavy atom. The Morgan fingerprint density at radius 1 is 1.33 bits per heavy atom. The van der Waals surface area contributed by atoms with E-state index in [-0.39, 0.29) is 5.92 Å². The molecule has 2 N–H and O–H groups in total. The van der Waals surface area contributed by atoms with Crippen LogP contribution in [0.4, 0.5) is 5.82 Å². The standard InChI is InChI=1S/C11H15N5OS/c1-6(2)10-15-9(17-16-10)5-18-11-13-7(3)4-8(12)14-11/h4,6H,5H2,1-3H3,(H2,12,13,14). The molecule has 0 aliphatic carbocycles. The highest BCUT2D eigenvalue weighted by atomic mass is 32.2. The Hall–Kier alpha value is -1.63. The zero-order chi connectivity index (χ0) is 13.1. The molecule has 0 bridgehead atoms. The second-order valence-electron chi connectivity index (χ2n) is 4.21. The van der Waals surface area contributed by atoms with Crippen molar-refractivity contribution in [3.8, 4) is 0 Å². The lowest BCUT2D eigenvalue weighted by Crippen LogP contribution is -1.97. The minimum Gasteiger partial charge on any atom is -0.384 e. The number of nitrogens with zero attached hydrogens (tertiary/aromatic N) is 4. The molecule has 7 heteroatoms. The van der Waals surface area contributed by atoms with E-state index in [1.165, 1.54) is 11.8 Å². The highest BCUT2D eigenvalue weighted by Crippen LogP contribution is 2.20. The van der Waals surface area contributed by atoms with Gasteiger partial charge in [0.05, 0.1) is 5.75 Å². The Bertz CT molecular complexity index is 520. The Labute approximate surface area is 109 Å². The van der Waals surface area contributed by atoms with Gasteiger partial charge in [-0.2, -0.15) is 4.98 Å². The molecule has 96 valence electrons. The summed E-state index contributed by atoms with van der Waals surface area (Å²) in [6.07, 6.45) is 0. The van der Waals surface area contributed by atoms with Crippen LogP contribution in [0.15, 0.2) is 15.7 Å². The van der Waals surface area contributed by atoms with E-state index in [9.17, 15) is 0 Å². The lowest BCUT2D eigenvalue weighted by atomic mass is 10.2. The summed E-state index contributed by atoms with van der Waals surface area (Å²) in [7, 11) is 0. The topological polar surface area (TPSA) is 90.7 Å². The quantitative estimate of drug-likeness (QED) is 0.669. The predicted octanol–water partition coefficient (Wildman–Crippen LogP) is 2.17. The lowest BCUT2D eigenvalue weighted by Gasteiger charge is -2.00. The van der Waals surface area contributed by atoms with Crippen LogP contribution in [-0.4, -0.2) is 20.1 Å². The van der Waals surface area contributed by atoms with Crippen LogP contribution in [0.5, 0.6) is 0 Å². The van der Waals surface area contributed by atoms with Gasteiger partial charge in [0.15, 0.2) is 11.0 Å². The lowest BCUT2D eigenvalue weighted by molar-refractivity contribution is 0.383. The summed E-state index contributed by atoms with van der Waals surface area (Å²) in [5.74, 6) is 2.57. The van der Waals surface area contributed by atoms with Crippen LogP contribution in [0.3, 0.4) is 0 Å². The normalized spacial score (nSPS) is 11.1. The molecule has 0 radical (unpaired) electrons. The molecule has 0 atom stereocenters. The van der Waals surface area contributed by atoms with E-state index in [1.54, 1.807) is 6.07 Å². The SMILES string of the molecule is Cc1cc(N)nc(SCc2nc(C(C)C)no2)n1. The molecule has 2 rings (SSSR count). The minimum atomic E-state index is 0.262. The van der Waals surface area contributed by atoms with Crippen LogP contribution in [0.1, 0.15) is 37.2 Å². The molecule has 18 heavy (non-hydrogen) atoms. The van der Waals surface area contributed by atoms with Crippen molar-refractivity contribution in [3.63, 3.8) is 0 Å². The molecule has 2 aromatic rings. The second-order valence-corrected chi connectivity index (χ2v) is 5.15. The van der Waals surface area contributed by atoms with E-state index in [4.69, 9.17) is 10.3 Å². The van der Waals surface area contributed by atoms with Crippen LogP contribution in [0, 0.1) is 6.92 Å². The number of aryl methyl sites for hydroxylation is 1. The molecule has 0 saturated heterocycles. The first-order valence-electron chi connectivity index (χ1n) is 5.61. The monoisotopic (exact) mass is 265 g/mol. The summed E-state index contributed by atoms with van der Waals surface area (Å²) in [5, 5.41) is 4.52. The Balaban J connectivity index is 2.02. The molecule has 0 aromatic carbocycles. The third-order valence-electron chi connectivity index (χ3n) is 2.18. The number of rotatable bonds is 4. The fraction of sp³-hybridized carbons (Fsp3) is 0.455. The molecule has 2 heterocycles. The molecule has 0 unspecified atom stereocenters. The molecule has 0 amide bonds. The first-order valence-corrected chi connectivity index (χ1v) is 6.59. The number of hydrogen-bond acceptors (Lipinski definition) is 7. The van der Waals surface area contributed by atoms with Crippen LogP contribution in [0.25, 0.3) is 0 Å². The highest BCUT2D eigenvalue weighted by Gasteiger charge is 2.10. The van der Waals surface area contributed by atoms with Gasteiger partial charge >= 0.3 is 0 Å². The van der Waals surface area contributed by atoms with Crippen LogP contribution in [-0.2, 0) is 5.75 Å². The van der Waals surface area contributed by atoms with Gasteiger partial charge in [0.1, 0.15) is 5.82 Å². The van der Waals surface area contributed by atoms with Crippen molar-refractivity contribution in [2.24, 2.45) is 0 Å². The van der Waals surface area contributed by atoms with Crippen molar-refractivity contribution < 1.29 is 4.52 Å². The molecule has 6 nitrogen and oxygen atoms in total. The maximum atomic E-state index is 5.66. The average molecular weight is 265 g/mol. The molecule has 0 saturated carbocycles. The van der Waals surface area contributed by atoms with Gasteiger partial charge in [-0.15, -0.1) is 0 Å². The third kappa shape index (κ3) is 3.19. The van der Waals surface area contributed by atoms with Gasteiger partial charge in [0.25, 0.3) is 0 Å². The van der Waals surface area contributed by atoms with Crippen LogP contribution >= 0.6 is 11.8 Å². The van der Waals surface area contributed by atoms with E-state index in [1.807, 2.05) is 20.8 Å². The van der Waals surface area contributed by atoms with Gasteiger partial charge in [0.2, 0.25) is 5.89 Å². The summed E-state index contributed by atoms with van der Waals surface area (Å²) in [6, 6.07) is 1.73. The number of anilines is 1. The van der Waals surface area contributed by atoms with Gasteiger partial charge in [0, 0.05) is 17.7 Å². The molecule has 0 aliphatic rings. The van der Waals surface area contributed by atoms with Gasteiger partial charge < -0.3 is 10.3 Å². The van der Waals surface area contributed by atoms with Crippen molar-refractivity contribution >= 4 is 17.6 Å².